The zero-order valence-corrected chi connectivity index (χ0v) is 13.5. The van der Waals surface area contributed by atoms with Crippen molar-refractivity contribution in [1.29, 1.82) is 0 Å². The molecule has 0 aliphatic carbocycles. The third-order valence-corrected chi connectivity index (χ3v) is 4.58. The molecular weight excluding hydrogens is 290 g/mol. The van der Waals surface area contributed by atoms with Crippen LogP contribution in [0.3, 0.4) is 0 Å². The van der Waals surface area contributed by atoms with Gasteiger partial charge in [0.05, 0.1) is 6.61 Å². The van der Waals surface area contributed by atoms with Gasteiger partial charge in [0.2, 0.25) is 0 Å². The van der Waals surface area contributed by atoms with Crippen LogP contribution in [0.2, 0.25) is 0 Å². The van der Waals surface area contributed by atoms with Gasteiger partial charge in [-0.1, -0.05) is 18.2 Å². The molecule has 1 aromatic heterocycles. The molecule has 0 bridgehead atoms. The SMILES string of the molecule is Cc1cnc(C2CCN(C(=O)c3ccccc3)CC2)n1CCO. The molecule has 1 aliphatic heterocycles. The highest BCUT2D eigenvalue weighted by Crippen LogP contribution is 2.28. The van der Waals surface area contributed by atoms with Crippen molar-refractivity contribution in [2.24, 2.45) is 0 Å². The summed E-state index contributed by atoms with van der Waals surface area (Å²) in [7, 11) is 0. The number of aliphatic hydroxyl groups is 1. The number of imidazole rings is 1. The molecule has 23 heavy (non-hydrogen) atoms. The van der Waals surface area contributed by atoms with Crippen LogP contribution in [-0.2, 0) is 6.54 Å². The van der Waals surface area contributed by atoms with Gasteiger partial charge in [0.1, 0.15) is 5.82 Å². The van der Waals surface area contributed by atoms with E-state index in [2.05, 4.69) is 9.55 Å². The Bertz CT molecular complexity index is 658. The van der Waals surface area contributed by atoms with E-state index >= 15 is 0 Å². The number of amides is 1. The van der Waals surface area contributed by atoms with Gasteiger partial charge in [0.15, 0.2) is 0 Å². The first-order chi connectivity index (χ1) is 11.2. The van der Waals surface area contributed by atoms with E-state index in [4.69, 9.17) is 0 Å². The zero-order valence-electron chi connectivity index (χ0n) is 13.5. The highest BCUT2D eigenvalue weighted by Gasteiger charge is 2.27. The fourth-order valence-corrected chi connectivity index (χ4v) is 3.30. The summed E-state index contributed by atoms with van der Waals surface area (Å²) in [5, 5.41) is 9.22. The standard InChI is InChI=1S/C18H23N3O2/c1-14-13-19-17(21(14)11-12-22)15-7-9-20(10-8-15)18(23)16-5-3-2-4-6-16/h2-6,13,15,22H,7-12H2,1H3. The summed E-state index contributed by atoms with van der Waals surface area (Å²) < 4.78 is 2.10. The normalized spacial score (nSPS) is 15.8. The van der Waals surface area contributed by atoms with Crippen molar-refractivity contribution in [3.63, 3.8) is 0 Å². The second-order valence-corrected chi connectivity index (χ2v) is 6.07. The van der Waals surface area contributed by atoms with Crippen molar-refractivity contribution in [2.75, 3.05) is 19.7 Å². The van der Waals surface area contributed by atoms with E-state index in [9.17, 15) is 9.90 Å². The molecule has 0 saturated carbocycles. The fraction of sp³-hybridized carbons (Fsp3) is 0.444. The molecule has 1 saturated heterocycles. The number of piperidine rings is 1. The fourth-order valence-electron chi connectivity index (χ4n) is 3.30. The van der Waals surface area contributed by atoms with E-state index in [0.29, 0.717) is 12.5 Å². The number of rotatable bonds is 4. The Labute approximate surface area is 136 Å². The molecule has 0 spiro atoms. The van der Waals surface area contributed by atoms with Crippen molar-refractivity contribution in [3.8, 4) is 0 Å². The molecule has 1 aliphatic rings. The van der Waals surface area contributed by atoms with Gasteiger partial charge in [-0.3, -0.25) is 4.79 Å². The lowest BCUT2D eigenvalue weighted by Crippen LogP contribution is -2.38. The summed E-state index contributed by atoms with van der Waals surface area (Å²) >= 11 is 0. The van der Waals surface area contributed by atoms with Crippen molar-refractivity contribution in [2.45, 2.75) is 32.2 Å². The molecular formula is C18H23N3O2. The maximum absolute atomic E-state index is 12.5. The van der Waals surface area contributed by atoms with Crippen molar-refractivity contribution >= 4 is 5.91 Å². The molecule has 0 radical (unpaired) electrons. The molecule has 1 fully saturated rings. The highest BCUT2D eigenvalue weighted by atomic mass is 16.3. The number of likely N-dealkylation sites (tertiary alicyclic amines) is 1. The van der Waals surface area contributed by atoms with Crippen LogP contribution in [0.25, 0.3) is 0 Å². The molecule has 5 nitrogen and oxygen atoms in total. The van der Waals surface area contributed by atoms with Gasteiger partial charge in [0, 0.05) is 43.0 Å². The molecule has 5 heteroatoms. The van der Waals surface area contributed by atoms with Gasteiger partial charge < -0.3 is 14.6 Å². The minimum Gasteiger partial charge on any atom is -0.395 e. The van der Waals surface area contributed by atoms with E-state index in [1.807, 2.05) is 48.4 Å². The third kappa shape index (κ3) is 3.29. The molecule has 0 unspecified atom stereocenters. The number of carbonyl (C=O) groups excluding carboxylic acids is 1. The molecule has 1 amide bonds. The van der Waals surface area contributed by atoms with E-state index in [0.717, 1.165) is 43.0 Å². The zero-order chi connectivity index (χ0) is 16.2. The lowest BCUT2D eigenvalue weighted by molar-refractivity contribution is 0.0710. The van der Waals surface area contributed by atoms with Crippen LogP contribution in [0.15, 0.2) is 36.5 Å². The van der Waals surface area contributed by atoms with Crippen LogP contribution >= 0.6 is 0 Å². The Balaban J connectivity index is 1.66. The monoisotopic (exact) mass is 313 g/mol. The summed E-state index contributed by atoms with van der Waals surface area (Å²) in [6.07, 6.45) is 3.70. The average molecular weight is 313 g/mol. The lowest BCUT2D eigenvalue weighted by atomic mass is 9.95. The first-order valence-corrected chi connectivity index (χ1v) is 8.18. The Morgan fingerprint density at radius 3 is 2.61 bits per heavy atom. The second-order valence-electron chi connectivity index (χ2n) is 6.07. The summed E-state index contributed by atoms with van der Waals surface area (Å²) in [4.78, 5) is 19.0. The molecule has 3 rings (SSSR count). The predicted molar refractivity (Wildman–Crippen MR) is 88.4 cm³/mol. The van der Waals surface area contributed by atoms with E-state index in [-0.39, 0.29) is 12.5 Å². The summed E-state index contributed by atoms with van der Waals surface area (Å²) in [5.74, 6) is 1.51. The van der Waals surface area contributed by atoms with Crippen LogP contribution in [-0.4, -0.2) is 45.2 Å². The number of benzene rings is 1. The van der Waals surface area contributed by atoms with Gasteiger partial charge in [-0.05, 0) is 31.9 Å². The topological polar surface area (TPSA) is 58.4 Å². The second kappa shape index (κ2) is 6.96. The largest absolute Gasteiger partial charge is 0.395 e. The number of hydrogen-bond acceptors (Lipinski definition) is 3. The van der Waals surface area contributed by atoms with Crippen molar-refractivity contribution in [1.82, 2.24) is 14.5 Å². The quantitative estimate of drug-likeness (QED) is 0.941. The average Bonchev–Trinajstić information content (AvgIpc) is 2.96. The van der Waals surface area contributed by atoms with Gasteiger partial charge in [-0.15, -0.1) is 0 Å². The predicted octanol–water partition coefficient (Wildman–Crippen LogP) is 2.20. The van der Waals surface area contributed by atoms with Crippen LogP contribution < -0.4 is 0 Å². The summed E-state index contributed by atoms with van der Waals surface area (Å²) in [6.45, 7) is 4.23. The number of aryl methyl sites for hydroxylation is 1. The number of carbonyl (C=O) groups is 1. The Hall–Kier alpha value is -2.14. The number of nitrogens with zero attached hydrogens (tertiary/aromatic N) is 3. The molecule has 1 aromatic carbocycles. The summed E-state index contributed by atoms with van der Waals surface area (Å²) in [5.41, 5.74) is 1.83. The molecule has 1 N–H and O–H groups in total. The minimum atomic E-state index is 0.110. The smallest absolute Gasteiger partial charge is 0.253 e. The number of hydrogen-bond donors (Lipinski definition) is 1. The molecule has 2 heterocycles. The van der Waals surface area contributed by atoms with Gasteiger partial charge in [0.25, 0.3) is 5.91 Å². The Morgan fingerprint density at radius 2 is 1.96 bits per heavy atom. The van der Waals surface area contributed by atoms with Gasteiger partial charge in [-0.25, -0.2) is 4.98 Å². The number of aromatic nitrogens is 2. The van der Waals surface area contributed by atoms with Crippen molar-refractivity contribution < 1.29 is 9.90 Å². The first-order valence-electron chi connectivity index (χ1n) is 8.18. The minimum absolute atomic E-state index is 0.110. The van der Waals surface area contributed by atoms with E-state index in [1.54, 1.807) is 0 Å². The first kappa shape index (κ1) is 15.7. The summed E-state index contributed by atoms with van der Waals surface area (Å²) in [6, 6.07) is 9.45. The van der Waals surface area contributed by atoms with Crippen LogP contribution in [0, 0.1) is 6.92 Å². The van der Waals surface area contributed by atoms with Crippen LogP contribution in [0.1, 0.15) is 40.6 Å². The highest BCUT2D eigenvalue weighted by molar-refractivity contribution is 5.94. The van der Waals surface area contributed by atoms with Crippen LogP contribution in [0.5, 0.6) is 0 Å². The number of aliphatic hydroxyl groups excluding tert-OH is 1. The van der Waals surface area contributed by atoms with E-state index in [1.165, 1.54) is 0 Å². The van der Waals surface area contributed by atoms with Crippen LogP contribution in [0.4, 0.5) is 0 Å². The molecule has 0 atom stereocenters. The Kier molecular flexibility index (Phi) is 4.76. The maximum Gasteiger partial charge on any atom is 0.253 e. The molecule has 122 valence electrons. The lowest BCUT2D eigenvalue weighted by Gasteiger charge is -2.32. The Morgan fingerprint density at radius 1 is 1.26 bits per heavy atom. The van der Waals surface area contributed by atoms with Gasteiger partial charge >= 0.3 is 0 Å². The van der Waals surface area contributed by atoms with Gasteiger partial charge in [-0.2, -0.15) is 0 Å². The third-order valence-electron chi connectivity index (χ3n) is 4.58. The maximum atomic E-state index is 12.5. The van der Waals surface area contributed by atoms with Crippen molar-refractivity contribution in [3.05, 3.63) is 53.6 Å². The molecule has 2 aromatic rings. The van der Waals surface area contributed by atoms with E-state index < -0.39 is 0 Å².